The molecule has 1 heterocycles. The predicted molar refractivity (Wildman–Crippen MR) is 82.7 cm³/mol. The maximum Gasteiger partial charge on any atom is 0.236 e. The van der Waals surface area contributed by atoms with Crippen molar-refractivity contribution >= 4 is 5.91 Å². The van der Waals surface area contributed by atoms with Crippen LogP contribution in [0.2, 0.25) is 0 Å². The van der Waals surface area contributed by atoms with Gasteiger partial charge < -0.3 is 15.5 Å². The number of hydrogen-bond acceptors (Lipinski definition) is 3. The van der Waals surface area contributed by atoms with E-state index in [1.54, 1.807) is 0 Å². The summed E-state index contributed by atoms with van der Waals surface area (Å²) >= 11 is 0. The van der Waals surface area contributed by atoms with Crippen LogP contribution in [0.4, 0.5) is 0 Å². The van der Waals surface area contributed by atoms with Gasteiger partial charge in [-0.05, 0) is 52.0 Å². The molecule has 0 aromatic carbocycles. The van der Waals surface area contributed by atoms with Crippen molar-refractivity contribution in [2.75, 3.05) is 26.2 Å². The average molecular weight is 281 g/mol. The highest BCUT2D eigenvalue weighted by Crippen LogP contribution is 2.30. The Hall–Kier alpha value is -0.610. The van der Waals surface area contributed by atoms with E-state index in [4.69, 9.17) is 0 Å². The Morgan fingerprint density at radius 2 is 1.90 bits per heavy atom. The normalized spacial score (nSPS) is 30.4. The van der Waals surface area contributed by atoms with Crippen LogP contribution in [0.1, 0.15) is 52.4 Å². The molecule has 0 aromatic heterocycles. The molecule has 1 saturated carbocycles. The number of rotatable bonds is 6. The Kier molecular flexibility index (Phi) is 6.30. The fraction of sp³-hybridized carbons (Fsp3) is 0.938. The molecule has 0 aromatic rings. The first-order valence-electron chi connectivity index (χ1n) is 8.50. The minimum Gasteiger partial charge on any atom is -0.342 e. The molecule has 20 heavy (non-hydrogen) atoms. The van der Waals surface area contributed by atoms with E-state index in [2.05, 4.69) is 10.6 Å². The van der Waals surface area contributed by atoms with Crippen LogP contribution in [0.15, 0.2) is 0 Å². The molecule has 2 aliphatic rings. The highest BCUT2D eigenvalue weighted by Gasteiger charge is 2.33. The van der Waals surface area contributed by atoms with Gasteiger partial charge in [0.05, 0.1) is 6.54 Å². The zero-order valence-corrected chi connectivity index (χ0v) is 13.2. The molecule has 1 saturated heterocycles. The number of nitrogens with zero attached hydrogens (tertiary/aromatic N) is 1. The largest absolute Gasteiger partial charge is 0.342 e. The Morgan fingerprint density at radius 1 is 1.15 bits per heavy atom. The Balaban J connectivity index is 1.84. The first-order valence-corrected chi connectivity index (χ1v) is 8.50. The molecule has 2 rings (SSSR count). The summed E-state index contributed by atoms with van der Waals surface area (Å²) in [7, 11) is 0. The molecule has 1 aliphatic heterocycles. The van der Waals surface area contributed by atoms with Gasteiger partial charge in [0.25, 0.3) is 0 Å². The third kappa shape index (κ3) is 3.95. The summed E-state index contributed by atoms with van der Waals surface area (Å²) in [5.41, 5.74) is 0. The third-order valence-electron chi connectivity index (χ3n) is 5.07. The van der Waals surface area contributed by atoms with Crippen LogP contribution in [0, 0.1) is 5.92 Å². The first kappa shape index (κ1) is 15.8. The van der Waals surface area contributed by atoms with Crippen molar-refractivity contribution < 1.29 is 4.79 Å². The second kappa shape index (κ2) is 7.99. The Bertz CT molecular complexity index is 298. The molecular weight excluding hydrogens is 250 g/mol. The highest BCUT2D eigenvalue weighted by molar-refractivity contribution is 5.78. The van der Waals surface area contributed by atoms with Gasteiger partial charge in [-0.1, -0.05) is 12.8 Å². The maximum atomic E-state index is 12.1. The Labute approximate surface area is 123 Å². The number of nitrogens with one attached hydrogen (secondary N) is 2. The van der Waals surface area contributed by atoms with Gasteiger partial charge >= 0.3 is 0 Å². The lowest BCUT2D eigenvalue weighted by atomic mass is 9.79. The molecule has 0 radical (unpaired) electrons. The molecule has 116 valence electrons. The predicted octanol–water partition coefficient (Wildman–Crippen LogP) is 1.76. The quantitative estimate of drug-likeness (QED) is 0.780. The van der Waals surface area contributed by atoms with Crippen LogP contribution in [-0.2, 0) is 4.79 Å². The van der Waals surface area contributed by atoms with E-state index < -0.39 is 0 Å². The van der Waals surface area contributed by atoms with Gasteiger partial charge in [-0.2, -0.15) is 0 Å². The molecule has 0 bridgehead atoms. The van der Waals surface area contributed by atoms with Crippen LogP contribution in [-0.4, -0.2) is 49.1 Å². The van der Waals surface area contributed by atoms with Crippen LogP contribution >= 0.6 is 0 Å². The maximum absolute atomic E-state index is 12.1. The topological polar surface area (TPSA) is 44.4 Å². The SMILES string of the molecule is CCN(CC)C(=O)CNC1CCCCC1C1CCCN1. The summed E-state index contributed by atoms with van der Waals surface area (Å²) in [6, 6.07) is 1.20. The van der Waals surface area contributed by atoms with Crippen molar-refractivity contribution in [3.05, 3.63) is 0 Å². The number of carbonyl (C=O) groups excluding carboxylic acids is 1. The van der Waals surface area contributed by atoms with Crippen LogP contribution in [0.5, 0.6) is 0 Å². The molecule has 2 N–H and O–H groups in total. The zero-order valence-electron chi connectivity index (χ0n) is 13.2. The third-order valence-corrected chi connectivity index (χ3v) is 5.07. The second-order valence-corrected chi connectivity index (χ2v) is 6.20. The molecule has 1 aliphatic carbocycles. The lowest BCUT2D eigenvalue weighted by Gasteiger charge is -2.36. The standard InChI is InChI=1S/C16H31N3O/c1-3-19(4-2)16(20)12-18-15-9-6-5-8-13(15)14-10-7-11-17-14/h13-15,17-18H,3-12H2,1-2H3. The number of carbonyl (C=O) groups is 1. The van der Waals surface area contributed by atoms with Crippen molar-refractivity contribution in [1.29, 1.82) is 0 Å². The van der Waals surface area contributed by atoms with Gasteiger partial charge in [-0.3, -0.25) is 4.79 Å². The van der Waals surface area contributed by atoms with E-state index >= 15 is 0 Å². The fourth-order valence-corrected chi connectivity index (χ4v) is 3.88. The molecule has 2 fully saturated rings. The van der Waals surface area contributed by atoms with Gasteiger partial charge in [0.15, 0.2) is 0 Å². The minimum absolute atomic E-state index is 0.249. The summed E-state index contributed by atoms with van der Waals surface area (Å²) in [4.78, 5) is 14.0. The van der Waals surface area contributed by atoms with E-state index in [0.717, 1.165) is 19.0 Å². The van der Waals surface area contributed by atoms with Crippen LogP contribution in [0.3, 0.4) is 0 Å². The molecule has 3 atom stereocenters. The van der Waals surface area contributed by atoms with Gasteiger partial charge in [0, 0.05) is 25.2 Å². The van der Waals surface area contributed by atoms with Crippen molar-refractivity contribution in [3.8, 4) is 0 Å². The summed E-state index contributed by atoms with van der Waals surface area (Å²) in [5, 5.41) is 7.22. The smallest absolute Gasteiger partial charge is 0.236 e. The van der Waals surface area contributed by atoms with Gasteiger partial charge in [0.1, 0.15) is 0 Å². The summed E-state index contributed by atoms with van der Waals surface area (Å²) in [6.45, 7) is 7.41. The molecular formula is C16H31N3O. The number of likely N-dealkylation sites (N-methyl/N-ethyl adjacent to an activating group) is 1. The Morgan fingerprint density at radius 3 is 2.55 bits per heavy atom. The van der Waals surface area contributed by atoms with Crippen molar-refractivity contribution in [2.45, 2.75) is 64.5 Å². The fourth-order valence-electron chi connectivity index (χ4n) is 3.88. The lowest BCUT2D eigenvalue weighted by Crippen LogP contribution is -2.50. The van der Waals surface area contributed by atoms with Gasteiger partial charge in [-0.25, -0.2) is 0 Å². The summed E-state index contributed by atoms with van der Waals surface area (Å²) in [6.07, 6.45) is 7.83. The van der Waals surface area contributed by atoms with Crippen molar-refractivity contribution in [2.24, 2.45) is 5.92 Å². The molecule has 4 heteroatoms. The van der Waals surface area contributed by atoms with E-state index in [-0.39, 0.29) is 5.91 Å². The van der Waals surface area contributed by atoms with Crippen molar-refractivity contribution in [3.63, 3.8) is 0 Å². The van der Waals surface area contributed by atoms with Crippen molar-refractivity contribution in [1.82, 2.24) is 15.5 Å². The summed E-state index contributed by atoms with van der Waals surface area (Å²) < 4.78 is 0. The molecule has 1 amide bonds. The lowest BCUT2D eigenvalue weighted by molar-refractivity contribution is -0.130. The highest BCUT2D eigenvalue weighted by atomic mass is 16.2. The van der Waals surface area contributed by atoms with Gasteiger partial charge in [0.2, 0.25) is 5.91 Å². The zero-order chi connectivity index (χ0) is 14.4. The van der Waals surface area contributed by atoms with Crippen LogP contribution < -0.4 is 10.6 Å². The first-order chi connectivity index (χ1) is 9.76. The van der Waals surface area contributed by atoms with E-state index in [1.807, 2.05) is 18.7 Å². The second-order valence-electron chi connectivity index (χ2n) is 6.20. The van der Waals surface area contributed by atoms with E-state index in [1.165, 1.54) is 45.1 Å². The van der Waals surface area contributed by atoms with E-state index in [0.29, 0.717) is 18.6 Å². The van der Waals surface area contributed by atoms with Gasteiger partial charge in [-0.15, -0.1) is 0 Å². The average Bonchev–Trinajstić information content (AvgIpc) is 3.01. The van der Waals surface area contributed by atoms with Crippen LogP contribution in [0.25, 0.3) is 0 Å². The molecule has 0 spiro atoms. The number of amides is 1. The number of hydrogen-bond donors (Lipinski definition) is 2. The van der Waals surface area contributed by atoms with E-state index in [9.17, 15) is 4.79 Å². The monoisotopic (exact) mass is 281 g/mol. The molecule has 3 unspecified atom stereocenters. The summed E-state index contributed by atoms with van der Waals surface area (Å²) in [5.74, 6) is 0.967. The minimum atomic E-state index is 0.249. The molecule has 4 nitrogen and oxygen atoms in total.